The lowest BCUT2D eigenvalue weighted by Crippen LogP contribution is -2.24. The Morgan fingerprint density at radius 1 is 1.26 bits per heavy atom. The Morgan fingerprint density at radius 3 is 2.47 bits per heavy atom. The van der Waals surface area contributed by atoms with Gasteiger partial charge in [0.1, 0.15) is 0 Å². The van der Waals surface area contributed by atoms with Crippen molar-refractivity contribution in [2.45, 2.75) is 12.2 Å². The van der Waals surface area contributed by atoms with Crippen molar-refractivity contribution in [3.05, 3.63) is 69.6 Å². The molecule has 0 amide bonds. The van der Waals surface area contributed by atoms with Gasteiger partial charge in [-0.3, -0.25) is 9.00 Å². The summed E-state index contributed by atoms with van der Waals surface area (Å²) in [5, 5.41) is 8.65. The van der Waals surface area contributed by atoms with Crippen LogP contribution >= 0.6 is 0 Å². The summed E-state index contributed by atoms with van der Waals surface area (Å²) in [4.78, 5) is 11.5. The maximum absolute atomic E-state index is 11.5. The molecule has 0 radical (unpaired) electrons. The molecule has 2 rings (SSSR count). The van der Waals surface area contributed by atoms with E-state index in [1.807, 2.05) is 0 Å². The molecule has 0 bridgehead atoms. The summed E-state index contributed by atoms with van der Waals surface area (Å²) in [5.41, 5.74) is 0.464. The van der Waals surface area contributed by atoms with Crippen LogP contribution in [0.3, 0.4) is 0 Å². The largest absolute Gasteiger partial charge is 0.772 e. The molecule has 6 heteroatoms. The van der Waals surface area contributed by atoms with E-state index < -0.39 is 21.9 Å². The van der Waals surface area contributed by atoms with Crippen LogP contribution in [0.5, 0.6) is 0 Å². The molecule has 2 aromatic rings. The fourth-order valence-corrected chi connectivity index (χ4v) is 2.66. The Morgan fingerprint density at radius 2 is 1.89 bits per heavy atom. The first-order valence-corrected chi connectivity index (χ1v) is 6.70. The topological polar surface area (TPSA) is 82.4 Å². The lowest BCUT2D eigenvalue weighted by atomic mass is 10.1. The molecule has 100 valence electrons. The molecule has 1 aromatic carbocycles. The third-order valence-corrected chi connectivity index (χ3v) is 3.64. The van der Waals surface area contributed by atoms with Gasteiger partial charge in [0.2, 0.25) is 0 Å². The van der Waals surface area contributed by atoms with Crippen molar-refractivity contribution in [1.82, 2.24) is 4.73 Å². The monoisotopic (exact) mass is 278 g/mol. The Balaban J connectivity index is 2.65. The quantitative estimate of drug-likeness (QED) is 0.679. The van der Waals surface area contributed by atoms with Crippen molar-refractivity contribution in [2.24, 2.45) is 0 Å². The number of nitrogens with zero attached hydrogens (tertiary/aromatic N) is 1. The van der Waals surface area contributed by atoms with Crippen molar-refractivity contribution < 1.29 is 14.0 Å². The number of rotatable bonds is 3. The van der Waals surface area contributed by atoms with E-state index in [1.54, 1.807) is 37.3 Å². The van der Waals surface area contributed by atoms with Crippen LogP contribution in [0.1, 0.15) is 22.1 Å². The zero-order valence-corrected chi connectivity index (χ0v) is 11.0. The van der Waals surface area contributed by atoms with Crippen LogP contribution < -0.4 is 5.56 Å². The van der Waals surface area contributed by atoms with E-state index in [2.05, 4.69) is 0 Å². The van der Waals surface area contributed by atoms with Crippen LogP contribution in [0.25, 0.3) is 0 Å². The highest BCUT2D eigenvalue weighted by Gasteiger charge is 2.19. The van der Waals surface area contributed by atoms with Gasteiger partial charge in [-0.15, -0.1) is 0 Å². The van der Waals surface area contributed by atoms with Gasteiger partial charge in [0, 0.05) is 6.07 Å². The molecule has 0 saturated carbocycles. The number of aromatic nitrogens is 1. The molecule has 0 aliphatic carbocycles. The highest BCUT2D eigenvalue weighted by Crippen LogP contribution is 2.26. The van der Waals surface area contributed by atoms with E-state index in [4.69, 9.17) is 0 Å². The minimum absolute atomic E-state index is 0.0320. The normalized spacial score (nSPS) is 14.0. The summed E-state index contributed by atoms with van der Waals surface area (Å²) < 4.78 is 23.3. The SMILES string of the molecule is Cc1cc(C(c2ccccc2)S(=O)[O-])n(O)c(=O)c1. The Kier molecular flexibility index (Phi) is 3.82. The van der Waals surface area contributed by atoms with Gasteiger partial charge >= 0.3 is 0 Å². The van der Waals surface area contributed by atoms with Crippen molar-refractivity contribution >= 4 is 11.1 Å². The van der Waals surface area contributed by atoms with Crippen LogP contribution in [0, 0.1) is 6.92 Å². The highest BCUT2D eigenvalue weighted by molar-refractivity contribution is 7.79. The Labute approximate surface area is 112 Å². The van der Waals surface area contributed by atoms with Gasteiger partial charge in [-0.25, -0.2) is 0 Å². The van der Waals surface area contributed by atoms with E-state index in [9.17, 15) is 18.8 Å². The molecule has 0 saturated heterocycles. The second-order valence-corrected chi connectivity index (χ2v) is 5.15. The summed E-state index contributed by atoms with van der Waals surface area (Å²) in [6.45, 7) is 1.67. The summed E-state index contributed by atoms with van der Waals surface area (Å²) in [6.07, 6.45) is 0. The molecule has 0 spiro atoms. The predicted molar refractivity (Wildman–Crippen MR) is 69.8 cm³/mol. The van der Waals surface area contributed by atoms with E-state index >= 15 is 0 Å². The van der Waals surface area contributed by atoms with Crippen LogP contribution in [0.15, 0.2) is 47.3 Å². The number of hydrogen-bond acceptors (Lipinski definition) is 4. The van der Waals surface area contributed by atoms with Gasteiger partial charge in [0.05, 0.1) is 10.9 Å². The Bertz CT molecular complexity index is 666. The first-order valence-electron chi connectivity index (χ1n) is 5.56. The minimum atomic E-state index is -2.50. The van der Waals surface area contributed by atoms with Gasteiger partial charge in [-0.2, -0.15) is 4.73 Å². The molecule has 19 heavy (non-hydrogen) atoms. The number of pyridine rings is 1. The van der Waals surface area contributed by atoms with Crippen LogP contribution in [0.2, 0.25) is 0 Å². The second kappa shape index (κ2) is 5.38. The molecule has 5 nitrogen and oxygen atoms in total. The molecule has 2 unspecified atom stereocenters. The third kappa shape index (κ3) is 2.74. The number of hydrogen-bond donors (Lipinski definition) is 1. The average molecular weight is 278 g/mol. The predicted octanol–water partition coefficient (Wildman–Crippen LogP) is 1.36. The molecular formula is C13H12NO4S-. The van der Waals surface area contributed by atoms with Crippen molar-refractivity contribution in [3.8, 4) is 0 Å². The van der Waals surface area contributed by atoms with Gasteiger partial charge in [-0.05, 0) is 35.2 Å². The molecule has 2 atom stereocenters. The third-order valence-electron chi connectivity index (χ3n) is 2.74. The molecule has 1 aromatic heterocycles. The zero-order valence-electron chi connectivity index (χ0n) is 10.1. The van der Waals surface area contributed by atoms with E-state index in [0.717, 1.165) is 0 Å². The van der Waals surface area contributed by atoms with E-state index in [0.29, 0.717) is 15.9 Å². The molecular weight excluding hydrogens is 266 g/mol. The molecule has 1 N–H and O–H groups in total. The fourth-order valence-electron chi connectivity index (χ4n) is 1.91. The number of benzene rings is 1. The van der Waals surface area contributed by atoms with Gasteiger partial charge in [-0.1, -0.05) is 30.3 Å². The van der Waals surface area contributed by atoms with Gasteiger partial charge in [0.15, 0.2) is 0 Å². The number of aryl methyl sites for hydroxylation is 1. The fraction of sp³-hybridized carbons (Fsp3) is 0.154. The van der Waals surface area contributed by atoms with Crippen molar-refractivity contribution in [2.75, 3.05) is 0 Å². The van der Waals surface area contributed by atoms with Gasteiger partial charge in [0.25, 0.3) is 5.56 Å². The Hall–Kier alpha value is -1.92. The minimum Gasteiger partial charge on any atom is -0.772 e. The standard InChI is InChI=1S/C13H13NO4S/c1-9-7-11(14(16)12(15)8-9)13(19(17)18)10-5-3-2-4-6-10/h2-8,13,16H,1H3,(H,17,18)/p-1. The van der Waals surface area contributed by atoms with Crippen molar-refractivity contribution in [3.63, 3.8) is 0 Å². The smallest absolute Gasteiger partial charge is 0.283 e. The summed E-state index contributed by atoms with van der Waals surface area (Å²) >= 11 is -2.50. The molecule has 0 aliphatic heterocycles. The second-order valence-electron chi connectivity index (χ2n) is 4.16. The maximum atomic E-state index is 11.5. The molecule has 0 aliphatic rings. The zero-order chi connectivity index (χ0) is 14.0. The lowest BCUT2D eigenvalue weighted by molar-refractivity contribution is 0.165. The first kappa shape index (κ1) is 13.5. The molecule has 1 heterocycles. The average Bonchev–Trinajstić information content (AvgIpc) is 2.36. The summed E-state index contributed by atoms with van der Waals surface area (Å²) in [7, 11) is 0. The molecule has 0 fully saturated rings. The van der Waals surface area contributed by atoms with Crippen LogP contribution in [0.4, 0.5) is 0 Å². The van der Waals surface area contributed by atoms with Crippen LogP contribution in [-0.2, 0) is 11.1 Å². The summed E-state index contributed by atoms with van der Waals surface area (Å²) in [5.74, 6) is 0. The first-order chi connectivity index (χ1) is 9.00. The van der Waals surface area contributed by atoms with Crippen LogP contribution in [-0.4, -0.2) is 18.7 Å². The van der Waals surface area contributed by atoms with Gasteiger partial charge < -0.3 is 9.76 Å². The van der Waals surface area contributed by atoms with E-state index in [1.165, 1.54) is 12.1 Å². The lowest BCUT2D eigenvalue weighted by Gasteiger charge is -2.22. The summed E-state index contributed by atoms with van der Waals surface area (Å²) in [6, 6.07) is 11.1. The maximum Gasteiger partial charge on any atom is 0.283 e. The van der Waals surface area contributed by atoms with E-state index in [-0.39, 0.29) is 5.69 Å². The van der Waals surface area contributed by atoms with Crippen molar-refractivity contribution in [1.29, 1.82) is 0 Å². The highest BCUT2D eigenvalue weighted by atomic mass is 32.2.